The molecule has 2 aromatic carbocycles. The van der Waals surface area contributed by atoms with Gasteiger partial charge in [-0.1, -0.05) is 18.7 Å². The first-order valence-corrected chi connectivity index (χ1v) is 9.27. The number of hydrogen-bond acceptors (Lipinski definition) is 5. The summed E-state index contributed by atoms with van der Waals surface area (Å²) < 4.78 is 23.8. The number of benzene rings is 2. The van der Waals surface area contributed by atoms with Gasteiger partial charge in [-0.25, -0.2) is 9.37 Å². The van der Waals surface area contributed by atoms with E-state index in [0.29, 0.717) is 11.3 Å². The van der Waals surface area contributed by atoms with E-state index >= 15 is 0 Å². The zero-order valence-electron chi connectivity index (χ0n) is 14.1. The first kappa shape index (κ1) is 16.8. The van der Waals surface area contributed by atoms with Gasteiger partial charge in [0, 0.05) is 17.0 Å². The highest BCUT2D eigenvalue weighted by atomic mass is 32.2. The Hall–Kier alpha value is -2.60. The van der Waals surface area contributed by atoms with Gasteiger partial charge in [0.05, 0.1) is 11.3 Å². The predicted molar refractivity (Wildman–Crippen MR) is 98.7 cm³/mol. The number of aryl methyl sites for hydroxylation is 1. The highest BCUT2D eigenvalue weighted by molar-refractivity contribution is 8.00. The van der Waals surface area contributed by atoms with Gasteiger partial charge in [-0.2, -0.15) is 0 Å². The van der Waals surface area contributed by atoms with Gasteiger partial charge in [-0.3, -0.25) is 4.79 Å². The number of halogens is 1. The zero-order chi connectivity index (χ0) is 18.1. The first-order chi connectivity index (χ1) is 12.6. The summed E-state index contributed by atoms with van der Waals surface area (Å²) in [4.78, 5) is 17.1. The molecule has 0 saturated heterocycles. The number of carbonyl (C=O) groups excluding carboxylic acids is 1. The Morgan fingerprint density at radius 3 is 2.62 bits per heavy atom. The van der Waals surface area contributed by atoms with Gasteiger partial charge in [-0.15, -0.1) is 0 Å². The lowest BCUT2D eigenvalue weighted by Crippen LogP contribution is -2.03. The van der Waals surface area contributed by atoms with Crippen LogP contribution in [0.25, 0.3) is 10.9 Å². The summed E-state index contributed by atoms with van der Waals surface area (Å²) in [5.74, 6) is 1.27. The molecular formula is C20H16FNO3S. The minimum atomic E-state index is -0.350. The van der Waals surface area contributed by atoms with Crippen LogP contribution in [0.4, 0.5) is 4.39 Å². The molecule has 0 saturated carbocycles. The van der Waals surface area contributed by atoms with Crippen molar-refractivity contribution in [3.8, 4) is 11.5 Å². The van der Waals surface area contributed by atoms with Crippen LogP contribution in [-0.2, 0) is 6.42 Å². The molecule has 0 spiro atoms. The standard InChI is InChI=1S/C20H16FNO3S/c1-2-12-7-14-8-18-19(25-11-24-18)9-16(14)22-20(12)26-10-17(23)13-3-5-15(21)6-4-13/h3-9H,2,10-11H2,1H3. The minimum absolute atomic E-state index is 0.0513. The van der Waals surface area contributed by atoms with Gasteiger partial charge in [0.1, 0.15) is 10.8 Å². The highest BCUT2D eigenvalue weighted by Crippen LogP contribution is 2.37. The molecule has 0 atom stereocenters. The van der Waals surface area contributed by atoms with Crippen LogP contribution in [0.15, 0.2) is 47.5 Å². The van der Waals surface area contributed by atoms with Crippen molar-refractivity contribution in [2.45, 2.75) is 18.4 Å². The number of rotatable bonds is 5. The van der Waals surface area contributed by atoms with Crippen LogP contribution in [0.1, 0.15) is 22.8 Å². The summed E-state index contributed by atoms with van der Waals surface area (Å²) in [5.41, 5.74) is 2.39. The number of Topliss-reactive ketones (excluding diaryl/α,β-unsaturated/α-hetero) is 1. The van der Waals surface area contributed by atoms with E-state index in [4.69, 9.17) is 14.5 Å². The van der Waals surface area contributed by atoms with E-state index < -0.39 is 0 Å². The average molecular weight is 369 g/mol. The molecule has 26 heavy (non-hydrogen) atoms. The van der Waals surface area contributed by atoms with Crippen LogP contribution in [0.3, 0.4) is 0 Å². The third-order valence-electron chi connectivity index (χ3n) is 4.24. The van der Waals surface area contributed by atoms with Crippen molar-refractivity contribution in [3.05, 3.63) is 59.4 Å². The number of thioether (sulfide) groups is 1. The van der Waals surface area contributed by atoms with E-state index in [2.05, 4.69) is 13.0 Å². The van der Waals surface area contributed by atoms with Crippen LogP contribution in [0.5, 0.6) is 11.5 Å². The Bertz CT molecular complexity index is 989. The largest absolute Gasteiger partial charge is 0.454 e. The van der Waals surface area contributed by atoms with E-state index in [-0.39, 0.29) is 24.1 Å². The van der Waals surface area contributed by atoms with Crippen molar-refractivity contribution < 1.29 is 18.7 Å². The molecule has 0 fully saturated rings. The molecule has 0 unspecified atom stereocenters. The maximum absolute atomic E-state index is 13.0. The Morgan fingerprint density at radius 2 is 1.88 bits per heavy atom. The zero-order valence-corrected chi connectivity index (χ0v) is 14.9. The molecule has 1 aliphatic heterocycles. The van der Waals surface area contributed by atoms with E-state index in [1.165, 1.54) is 36.0 Å². The quantitative estimate of drug-likeness (QED) is 0.484. The molecule has 4 rings (SSSR count). The van der Waals surface area contributed by atoms with Crippen molar-refractivity contribution in [1.82, 2.24) is 4.98 Å². The smallest absolute Gasteiger partial charge is 0.231 e. The SMILES string of the molecule is CCc1cc2cc3c(cc2nc1SCC(=O)c1ccc(F)cc1)OCO3. The van der Waals surface area contributed by atoms with Crippen molar-refractivity contribution in [1.29, 1.82) is 0 Å². The van der Waals surface area contributed by atoms with Crippen molar-refractivity contribution in [2.75, 3.05) is 12.5 Å². The van der Waals surface area contributed by atoms with Gasteiger partial charge in [0.25, 0.3) is 0 Å². The second kappa shape index (κ2) is 6.96. The lowest BCUT2D eigenvalue weighted by atomic mass is 10.1. The fraction of sp³-hybridized carbons (Fsp3) is 0.200. The van der Waals surface area contributed by atoms with E-state index in [0.717, 1.165) is 33.7 Å². The van der Waals surface area contributed by atoms with E-state index in [9.17, 15) is 9.18 Å². The molecule has 0 bridgehead atoms. The normalized spacial score (nSPS) is 12.5. The second-order valence-electron chi connectivity index (χ2n) is 5.92. The van der Waals surface area contributed by atoms with Crippen molar-refractivity contribution in [2.24, 2.45) is 0 Å². The van der Waals surface area contributed by atoms with Crippen LogP contribution in [-0.4, -0.2) is 23.3 Å². The monoisotopic (exact) mass is 369 g/mol. The highest BCUT2D eigenvalue weighted by Gasteiger charge is 2.17. The first-order valence-electron chi connectivity index (χ1n) is 8.29. The van der Waals surface area contributed by atoms with Gasteiger partial charge >= 0.3 is 0 Å². The van der Waals surface area contributed by atoms with Crippen LogP contribution in [0.2, 0.25) is 0 Å². The van der Waals surface area contributed by atoms with Crippen LogP contribution >= 0.6 is 11.8 Å². The topological polar surface area (TPSA) is 48.4 Å². The molecule has 1 aromatic heterocycles. The Kier molecular flexibility index (Phi) is 4.51. The number of ketones is 1. The van der Waals surface area contributed by atoms with Crippen LogP contribution in [0, 0.1) is 5.82 Å². The summed E-state index contributed by atoms with van der Waals surface area (Å²) in [6.45, 7) is 2.28. The number of pyridine rings is 1. The van der Waals surface area contributed by atoms with Gasteiger partial charge < -0.3 is 9.47 Å². The third kappa shape index (κ3) is 3.24. The molecule has 3 aromatic rings. The van der Waals surface area contributed by atoms with Crippen molar-refractivity contribution in [3.63, 3.8) is 0 Å². The maximum atomic E-state index is 13.0. The molecule has 1 aliphatic rings. The summed E-state index contributed by atoms with van der Waals surface area (Å²) in [5, 5.41) is 1.81. The van der Waals surface area contributed by atoms with Crippen LogP contribution < -0.4 is 9.47 Å². The molecule has 4 nitrogen and oxygen atoms in total. The molecular weight excluding hydrogens is 353 g/mol. The second-order valence-corrected chi connectivity index (χ2v) is 6.89. The molecule has 0 N–H and O–H groups in total. The summed E-state index contributed by atoms with van der Waals surface area (Å²) >= 11 is 1.40. The Labute approximate surface area is 154 Å². The number of hydrogen-bond donors (Lipinski definition) is 0. The fourth-order valence-electron chi connectivity index (χ4n) is 2.82. The summed E-state index contributed by atoms with van der Waals surface area (Å²) in [6, 6.07) is 11.5. The van der Waals surface area contributed by atoms with E-state index in [1.54, 1.807) is 0 Å². The number of ether oxygens (including phenoxy) is 2. The number of carbonyl (C=O) groups is 1. The average Bonchev–Trinajstić information content (AvgIpc) is 3.11. The molecule has 0 amide bonds. The van der Waals surface area contributed by atoms with Gasteiger partial charge in [0.2, 0.25) is 6.79 Å². The molecule has 132 valence electrons. The third-order valence-corrected chi connectivity index (χ3v) is 5.27. The van der Waals surface area contributed by atoms with Crippen molar-refractivity contribution >= 4 is 28.4 Å². The maximum Gasteiger partial charge on any atom is 0.231 e. The summed E-state index contributed by atoms with van der Waals surface area (Å²) in [7, 11) is 0. The molecule has 0 aliphatic carbocycles. The lowest BCUT2D eigenvalue weighted by molar-refractivity contribution is 0.102. The van der Waals surface area contributed by atoms with Gasteiger partial charge in [-0.05, 0) is 48.4 Å². The number of aromatic nitrogens is 1. The predicted octanol–water partition coefficient (Wildman–Crippen LogP) is 4.64. The molecule has 0 radical (unpaired) electrons. The Morgan fingerprint density at radius 1 is 1.15 bits per heavy atom. The fourth-order valence-corrected chi connectivity index (χ4v) is 3.81. The number of nitrogens with zero attached hydrogens (tertiary/aromatic N) is 1. The van der Waals surface area contributed by atoms with Gasteiger partial charge in [0.15, 0.2) is 17.3 Å². The Balaban J connectivity index is 1.59. The minimum Gasteiger partial charge on any atom is -0.454 e. The molecule has 6 heteroatoms. The summed E-state index contributed by atoms with van der Waals surface area (Å²) in [6.07, 6.45) is 0.810. The lowest BCUT2D eigenvalue weighted by Gasteiger charge is -2.09. The number of fused-ring (bicyclic) bond motifs is 2. The van der Waals surface area contributed by atoms with E-state index in [1.807, 2.05) is 12.1 Å². The molecule has 2 heterocycles.